The molecule has 1 heterocycles. The Bertz CT molecular complexity index is 288. The molecule has 0 aliphatic carbocycles. The van der Waals surface area contributed by atoms with Gasteiger partial charge in [0, 0.05) is 24.9 Å². The summed E-state index contributed by atoms with van der Waals surface area (Å²) in [6, 6.07) is 0.456. The van der Waals surface area contributed by atoms with Crippen molar-refractivity contribution < 1.29 is 9.90 Å². The summed E-state index contributed by atoms with van der Waals surface area (Å²) in [6.07, 6.45) is 9.78. The number of hydrogen-bond donors (Lipinski definition) is 1. The highest BCUT2D eigenvalue weighted by molar-refractivity contribution is 5.85. The average Bonchev–Trinajstić information content (AvgIpc) is 2.69. The number of halogens is 1. The molecule has 5 heteroatoms. The lowest BCUT2D eigenvalue weighted by Crippen LogP contribution is -2.02. The lowest BCUT2D eigenvalue weighted by atomic mass is 10.1. The van der Waals surface area contributed by atoms with E-state index in [9.17, 15) is 4.79 Å². The van der Waals surface area contributed by atoms with Crippen molar-refractivity contribution in [3.05, 3.63) is 18.7 Å². The third kappa shape index (κ3) is 5.75. The fraction of sp³-hybridized carbons (Fsp3) is 0.636. The van der Waals surface area contributed by atoms with Gasteiger partial charge in [0.05, 0.1) is 6.33 Å². The molecule has 0 bridgehead atoms. The summed E-state index contributed by atoms with van der Waals surface area (Å²) in [5, 5.41) is 8.46. The highest BCUT2D eigenvalue weighted by Gasteiger charge is 2.03. The Morgan fingerprint density at radius 1 is 1.44 bits per heavy atom. The van der Waals surface area contributed by atoms with Gasteiger partial charge in [-0.1, -0.05) is 12.8 Å². The maximum atomic E-state index is 10.3. The Morgan fingerprint density at radius 2 is 2.19 bits per heavy atom. The van der Waals surface area contributed by atoms with Crippen LogP contribution in [0.15, 0.2) is 18.7 Å². The molecule has 1 atom stereocenters. The molecule has 0 spiro atoms. The van der Waals surface area contributed by atoms with Gasteiger partial charge in [0.2, 0.25) is 0 Å². The molecular weight excluding hydrogens is 228 g/mol. The Labute approximate surface area is 102 Å². The molecule has 0 radical (unpaired) electrons. The highest BCUT2D eigenvalue weighted by Crippen LogP contribution is 2.14. The first-order valence-electron chi connectivity index (χ1n) is 5.39. The van der Waals surface area contributed by atoms with Gasteiger partial charge in [0.15, 0.2) is 0 Å². The summed E-state index contributed by atoms with van der Waals surface area (Å²) >= 11 is 0. The van der Waals surface area contributed by atoms with E-state index in [1.165, 1.54) is 0 Å². The fourth-order valence-electron chi connectivity index (χ4n) is 1.57. The summed E-state index contributed by atoms with van der Waals surface area (Å²) in [7, 11) is 0. The van der Waals surface area contributed by atoms with Crippen molar-refractivity contribution in [1.29, 1.82) is 0 Å². The third-order valence-electron chi connectivity index (χ3n) is 2.55. The predicted octanol–water partition coefficient (Wildman–Crippen LogP) is 2.90. The van der Waals surface area contributed by atoms with Gasteiger partial charge < -0.3 is 9.67 Å². The first-order valence-corrected chi connectivity index (χ1v) is 5.39. The summed E-state index contributed by atoms with van der Waals surface area (Å²) in [4.78, 5) is 14.3. The van der Waals surface area contributed by atoms with Crippen LogP contribution in [-0.2, 0) is 4.79 Å². The Balaban J connectivity index is 0.00000225. The molecule has 0 saturated carbocycles. The molecule has 0 unspecified atom stereocenters. The van der Waals surface area contributed by atoms with E-state index in [1.807, 2.05) is 12.5 Å². The van der Waals surface area contributed by atoms with E-state index >= 15 is 0 Å². The van der Waals surface area contributed by atoms with Gasteiger partial charge in [0.25, 0.3) is 0 Å². The van der Waals surface area contributed by atoms with Gasteiger partial charge in [-0.05, 0) is 19.8 Å². The van der Waals surface area contributed by atoms with Crippen LogP contribution in [-0.4, -0.2) is 20.6 Å². The summed E-state index contributed by atoms with van der Waals surface area (Å²) < 4.78 is 2.08. The van der Waals surface area contributed by atoms with Crippen molar-refractivity contribution in [1.82, 2.24) is 9.55 Å². The van der Waals surface area contributed by atoms with Crippen LogP contribution in [0.25, 0.3) is 0 Å². The number of carboxylic acid groups (broad SMARTS) is 1. The second kappa shape index (κ2) is 8.16. The van der Waals surface area contributed by atoms with E-state index in [0.29, 0.717) is 12.5 Å². The van der Waals surface area contributed by atoms with Crippen molar-refractivity contribution in [3.63, 3.8) is 0 Å². The zero-order chi connectivity index (χ0) is 11.1. The van der Waals surface area contributed by atoms with E-state index < -0.39 is 5.97 Å². The van der Waals surface area contributed by atoms with Crippen molar-refractivity contribution in [2.45, 2.75) is 45.1 Å². The molecule has 16 heavy (non-hydrogen) atoms. The van der Waals surface area contributed by atoms with Gasteiger partial charge in [-0.15, -0.1) is 12.4 Å². The Morgan fingerprint density at radius 3 is 2.75 bits per heavy atom. The predicted molar refractivity (Wildman–Crippen MR) is 64.9 cm³/mol. The maximum Gasteiger partial charge on any atom is 0.303 e. The average molecular weight is 247 g/mol. The molecule has 1 N–H and O–H groups in total. The molecule has 1 aromatic heterocycles. The zero-order valence-corrected chi connectivity index (χ0v) is 10.3. The third-order valence-corrected chi connectivity index (χ3v) is 2.55. The minimum atomic E-state index is -0.697. The van der Waals surface area contributed by atoms with Crippen molar-refractivity contribution in [2.75, 3.05) is 0 Å². The molecule has 1 aromatic rings. The molecule has 0 aromatic carbocycles. The first kappa shape index (κ1) is 15.0. The minimum absolute atomic E-state index is 0. The largest absolute Gasteiger partial charge is 0.481 e. The lowest BCUT2D eigenvalue weighted by Gasteiger charge is -2.12. The first-order chi connectivity index (χ1) is 7.20. The quantitative estimate of drug-likeness (QED) is 0.753. The van der Waals surface area contributed by atoms with Crippen LogP contribution in [0.2, 0.25) is 0 Å². The van der Waals surface area contributed by atoms with Gasteiger partial charge in [-0.3, -0.25) is 4.79 Å². The molecule has 0 fully saturated rings. The number of aromatic nitrogens is 2. The number of nitrogens with zero attached hydrogens (tertiary/aromatic N) is 2. The fourth-order valence-corrected chi connectivity index (χ4v) is 1.57. The number of hydrogen-bond acceptors (Lipinski definition) is 2. The molecule has 0 amide bonds. The van der Waals surface area contributed by atoms with Gasteiger partial charge in [0.1, 0.15) is 0 Å². The van der Waals surface area contributed by atoms with E-state index in [-0.39, 0.29) is 12.4 Å². The van der Waals surface area contributed by atoms with Crippen LogP contribution in [0, 0.1) is 0 Å². The Hall–Kier alpha value is -1.03. The van der Waals surface area contributed by atoms with Crippen LogP contribution in [0.5, 0.6) is 0 Å². The lowest BCUT2D eigenvalue weighted by molar-refractivity contribution is -0.137. The van der Waals surface area contributed by atoms with Crippen LogP contribution in [0.3, 0.4) is 0 Å². The normalized spacial score (nSPS) is 11.8. The van der Waals surface area contributed by atoms with Gasteiger partial charge >= 0.3 is 5.97 Å². The number of rotatable bonds is 7. The molecule has 0 saturated heterocycles. The minimum Gasteiger partial charge on any atom is -0.481 e. The molecule has 0 aliphatic rings. The number of carboxylic acids is 1. The van der Waals surface area contributed by atoms with E-state index in [1.54, 1.807) is 6.20 Å². The summed E-state index contributed by atoms with van der Waals surface area (Å²) in [5.74, 6) is -0.697. The van der Waals surface area contributed by atoms with Gasteiger partial charge in [-0.25, -0.2) is 4.98 Å². The second-order valence-electron chi connectivity index (χ2n) is 3.85. The monoisotopic (exact) mass is 246 g/mol. The summed E-state index contributed by atoms with van der Waals surface area (Å²) in [6.45, 7) is 2.15. The molecule has 0 aliphatic heterocycles. The van der Waals surface area contributed by atoms with Crippen molar-refractivity contribution >= 4 is 18.4 Å². The molecule has 4 nitrogen and oxygen atoms in total. The molecular formula is C11H19ClN2O2. The number of unbranched alkanes of at least 4 members (excludes halogenated alkanes) is 2. The topological polar surface area (TPSA) is 55.1 Å². The summed E-state index contributed by atoms with van der Waals surface area (Å²) in [5.41, 5.74) is 0. The van der Waals surface area contributed by atoms with E-state index in [2.05, 4.69) is 16.5 Å². The highest BCUT2D eigenvalue weighted by atomic mass is 35.5. The number of imidazole rings is 1. The SMILES string of the molecule is C[C@H](CCCCCC(=O)O)n1ccnc1.Cl. The van der Waals surface area contributed by atoms with E-state index in [0.717, 1.165) is 25.7 Å². The second-order valence-corrected chi connectivity index (χ2v) is 3.85. The van der Waals surface area contributed by atoms with Crippen molar-refractivity contribution in [2.24, 2.45) is 0 Å². The zero-order valence-electron chi connectivity index (χ0n) is 9.50. The molecule has 1 rings (SSSR count). The van der Waals surface area contributed by atoms with E-state index in [4.69, 9.17) is 5.11 Å². The maximum absolute atomic E-state index is 10.3. The van der Waals surface area contributed by atoms with Crippen LogP contribution < -0.4 is 0 Å². The number of carbonyl (C=O) groups is 1. The van der Waals surface area contributed by atoms with Crippen LogP contribution >= 0.6 is 12.4 Å². The van der Waals surface area contributed by atoms with Gasteiger partial charge in [-0.2, -0.15) is 0 Å². The standard InChI is InChI=1S/C11H18N2O2.ClH/c1-10(13-8-7-12-9-13)5-3-2-4-6-11(14)15;/h7-10H,2-6H2,1H3,(H,14,15);1H/t10-;/m1./s1. The van der Waals surface area contributed by atoms with Crippen LogP contribution in [0.4, 0.5) is 0 Å². The van der Waals surface area contributed by atoms with Crippen LogP contribution in [0.1, 0.15) is 45.1 Å². The van der Waals surface area contributed by atoms with Crippen molar-refractivity contribution in [3.8, 4) is 0 Å². The Kier molecular flexibility index (Phi) is 7.64. The molecule has 92 valence electrons. The smallest absolute Gasteiger partial charge is 0.303 e. The number of aliphatic carboxylic acids is 1.